The first-order chi connectivity index (χ1) is 3.68. The summed E-state index contributed by atoms with van der Waals surface area (Å²) in [5.41, 5.74) is 0. The summed E-state index contributed by atoms with van der Waals surface area (Å²) >= 11 is 0. The molecule has 8 heavy (non-hydrogen) atoms. The first-order valence-corrected chi connectivity index (χ1v) is 2.56. The molecule has 0 amide bonds. The molecule has 0 aliphatic heterocycles. The Hall–Kier alpha value is -0.120. The highest BCUT2D eigenvalue weighted by molar-refractivity contribution is 4.54. The Balaban J connectivity index is 3.58. The maximum Gasteiger partial charge on any atom is 0.197 e. The van der Waals surface area contributed by atoms with Crippen LogP contribution >= 0.6 is 0 Å². The van der Waals surface area contributed by atoms with E-state index in [2.05, 4.69) is 4.89 Å². The van der Waals surface area contributed by atoms with E-state index in [1.807, 2.05) is 6.92 Å². The van der Waals surface area contributed by atoms with E-state index < -0.39 is 5.79 Å². The van der Waals surface area contributed by atoms with E-state index in [1.54, 1.807) is 6.92 Å². The van der Waals surface area contributed by atoms with Crippen molar-refractivity contribution in [2.45, 2.75) is 26.1 Å². The zero-order valence-electron chi connectivity index (χ0n) is 5.47. The van der Waals surface area contributed by atoms with Crippen molar-refractivity contribution in [3.63, 3.8) is 0 Å². The summed E-state index contributed by atoms with van der Waals surface area (Å²) in [4.78, 5) is 4.01. The highest BCUT2D eigenvalue weighted by Crippen LogP contribution is 2.12. The number of hydrogen-bond acceptors (Lipinski definition) is 3. The minimum Gasteiger partial charge on any atom is -0.351 e. The van der Waals surface area contributed by atoms with Crippen molar-refractivity contribution in [2.24, 2.45) is 0 Å². The Morgan fingerprint density at radius 2 is 2.12 bits per heavy atom. The maximum atomic E-state index is 8.16. The lowest BCUT2D eigenvalue weighted by atomic mass is 10.2. The molecule has 0 aliphatic rings. The van der Waals surface area contributed by atoms with Gasteiger partial charge < -0.3 is 4.74 Å². The zero-order valence-corrected chi connectivity index (χ0v) is 5.47. The predicted octanol–water partition coefficient (Wildman–Crippen LogP) is 1.25. The van der Waals surface area contributed by atoms with Crippen LogP contribution in [0.15, 0.2) is 0 Å². The number of methoxy groups -OCH3 is 1. The largest absolute Gasteiger partial charge is 0.351 e. The van der Waals surface area contributed by atoms with Gasteiger partial charge in [0, 0.05) is 13.5 Å². The van der Waals surface area contributed by atoms with E-state index in [4.69, 9.17) is 9.99 Å². The van der Waals surface area contributed by atoms with Crippen molar-refractivity contribution in [2.75, 3.05) is 7.11 Å². The van der Waals surface area contributed by atoms with Crippen LogP contribution in [0.1, 0.15) is 20.3 Å². The van der Waals surface area contributed by atoms with Gasteiger partial charge in [-0.05, 0) is 6.92 Å². The van der Waals surface area contributed by atoms with Gasteiger partial charge in [0.2, 0.25) is 0 Å². The van der Waals surface area contributed by atoms with Crippen LogP contribution in [-0.2, 0) is 9.62 Å². The van der Waals surface area contributed by atoms with Gasteiger partial charge in [-0.3, -0.25) is 0 Å². The van der Waals surface area contributed by atoms with Gasteiger partial charge in [-0.25, -0.2) is 10.1 Å². The second-order valence-corrected chi connectivity index (χ2v) is 1.78. The smallest absolute Gasteiger partial charge is 0.197 e. The topological polar surface area (TPSA) is 38.7 Å². The second kappa shape index (κ2) is 3.02. The molecule has 0 heterocycles. The van der Waals surface area contributed by atoms with Crippen LogP contribution in [0.2, 0.25) is 0 Å². The molecular weight excluding hydrogens is 108 g/mol. The van der Waals surface area contributed by atoms with Gasteiger partial charge >= 0.3 is 0 Å². The molecular formula is C5H12O3. The molecule has 0 saturated heterocycles. The number of rotatable bonds is 3. The highest BCUT2D eigenvalue weighted by Gasteiger charge is 2.20. The fraction of sp³-hybridized carbons (Fsp3) is 1.00. The van der Waals surface area contributed by atoms with Crippen LogP contribution in [0.5, 0.6) is 0 Å². The maximum absolute atomic E-state index is 8.16. The average Bonchev–Trinajstić information content (AvgIpc) is 1.87. The van der Waals surface area contributed by atoms with Gasteiger partial charge in [0.15, 0.2) is 5.79 Å². The Bertz CT molecular complexity index is 50.4. The molecule has 1 unspecified atom stereocenters. The molecule has 1 atom stereocenters. The summed E-state index contributed by atoms with van der Waals surface area (Å²) in [6, 6.07) is 0. The fourth-order valence-corrected chi connectivity index (χ4v) is 0.246. The van der Waals surface area contributed by atoms with Crippen molar-refractivity contribution in [3.8, 4) is 0 Å². The third-order valence-electron chi connectivity index (χ3n) is 1.27. The van der Waals surface area contributed by atoms with Gasteiger partial charge in [-0.1, -0.05) is 6.92 Å². The summed E-state index contributed by atoms with van der Waals surface area (Å²) < 4.78 is 4.76. The molecule has 0 radical (unpaired) electrons. The first kappa shape index (κ1) is 7.88. The lowest BCUT2D eigenvalue weighted by molar-refractivity contribution is -0.392. The van der Waals surface area contributed by atoms with Crippen molar-refractivity contribution in [1.82, 2.24) is 0 Å². The van der Waals surface area contributed by atoms with Crippen LogP contribution in [0.3, 0.4) is 0 Å². The predicted molar refractivity (Wildman–Crippen MR) is 29.4 cm³/mol. The molecule has 0 aromatic heterocycles. The first-order valence-electron chi connectivity index (χ1n) is 2.56. The van der Waals surface area contributed by atoms with Crippen LogP contribution in [0.4, 0.5) is 0 Å². The normalized spacial score (nSPS) is 18.0. The van der Waals surface area contributed by atoms with Crippen LogP contribution in [-0.4, -0.2) is 18.2 Å². The van der Waals surface area contributed by atoms with Gasteiger partial charge in [0.25, 0.3) is 0 Å². The Morgan fingerprint density at radius 1 is 1.62 bits per heavy atom. The third kappa shape index (κ3) is 1.78. The molecule has 50 valence electrons. The molecule has 0 aliphatic carbocycles. The molecule has 3 heteroatoms. The van der Waals surface area contributed by atoms with E-state index in [0.717, 1.165) is 0 Å². The quantitative estimate of drug-likeness (QED) is 0.346. The average molecular weight is 120 g/mol. The summed E-state index contributed by atoms with van der Waals surface area (Å²) in [6.07, 6.45) is 0.625. The van der Waals surface area contributed by atoms with Gasteiger partial charge in [-0.15, -0.1) is 0 Å². The Morgan fingerprint density at radius 3 is 2.12 bits per heavy atom. The molecule has 0 aromatic rings. The van der Waals surface area contributed by atoms with Crippen molar-refractivity contribution in [1.29, 1.82) is 0 Å². The van der Waals surface area contributed by atoms with Crippen LogP contribution in [0, 0.1) is 0 Å². The lowest BCUT2D eigenvalue weighted by Gasteiger charge is -2.21. The zero-order chi connectivity index (χ0) is 6.62. The molecule has 3 nitrogen and oxygen atoms in total. The molecule has 0 fully saturated rings. The standard InChI is InChI=1S/C5H12O3/c1-4-5(2,7-3)8-6/h6H,4H2,1-3H3. The van der Waals surface area contributed by atoms with Gasteiger partial charge in [0.05, 0.1) is 0 Å². The third-order valence-corrected chi connectivity index (χ3v) is 1.27. The lowest BCUT2D eigenvalue weighted by Crippen LogP contribution is -2.28. The molecule has 0 saturated carbocycles. The summed E-state index contributed by atoms with van der Waals surface area (Å²) in [5, 5.41) is 8.16. The van der Waals surface area contributed by atoms with Gasteiger partial charge in [0.1, 0.15) is 0 Å². The second-order valence-electron chi connectivity index (χ2n) is 1.78. The molecule has 0 rings (SSSR count). The van der Waals surface area contributed by atoms with Crippen LogP contribution in [0.25, 0.3) is 0 Å². The molecule has 0 aromatic carbocycles. The van der Waals surface area contributed by atoms with Crippen molar-refractivity contribution >= 4 is 0 Å². The summed E-state index contributed by atoms with van der Waals surface area (Å²) in [7, 11) is 1.49. The minimum absolute atomic E-state index is 0.625. The number of ether oxygens (including phenoxy) is 1. The molecule has 0 bridgehead atoms. The molecule has 1 N–H and O–H groups in total. The Kier molecular flexibility index (Phi) is 2.97. The van der Waals surface area contributed by atoms with Crippen LogP contribution < -0.4 is 0 Å². The number of hydrogen-bond donors (Lipinski definition) is 1. The van der Waals surface area contributed by atoms with Crippen molar-refractivity contribution in [3.05, 3.63) is 0 Å². The van der Waals surface area contributed by atoms with Crippen molar-refractivity contribution < 1.29 is 14.9 Å². The van der Waals surface area contributed by atoms with E-state index >= 15 is 0 Å². The summed E-state index contributed by atoms with van der Waals surface area (Å²) in [5.74, 6) is -0.819. The monoisotopic (exact) mass is 120 g/mol. The minimum atomic E-state index is -0.819. The highest BCUT2D eigenvalue weighted by atomic mass is 17.1. The van der Waals surface area contributed by atoms with E-state index in [0.29, 0.717) is 6.42 Å². The van der Waals surface area contributed by atoms with E-state index in [1.165, 1.54) is 7.11 Å². The SMILES string of the molecule is CCC(C)(OC)OO. The van der Waals surface area contributed by atoms with E-state index in [-0.39, 0.29) is 0 Å². The molecule has 0 spiro atoms. The fourth-order valence-electron chi connectivity index (χ4n) is 0.246. The summed E-state index contributed by atoms with van der Waals surface area (Å²) in [6.45, 7) is 3.52. The van der Waals surface area contributed by atoms with Gasteiger partial charge in [-0.2, -0.15) is 0 Å². The van der Waals surface area contributed by atoms with E-state index in [9.17, 15) is 0 Å². The Labute approximate surface area is 49.1 Å².